The number of rotatable bonds is 3. The smallest absolute Gasteiger partial charge is 0.233 e. The highest BCUT2D eigenvalue weighted by molar-refractivity contribution is 5.84. The standard InChI is InChI=1S/C22H18N6/c1-27-13-17(11-26-27)16-10-24-21-25-12-19(28(21)14-16)22(7-8-22)18-6-2-4-15-5-3-9-23-20(15)18/h2-6,9-14H,7-8H2,1H3. The number of imidazole rings is 1. The number of pyridine rings is 1. The van der Waals surface area contributed by atoms with E-state index in [2.05, 4.69) is 54.9 Å². The van der Waals surface area contributed by atoms with Crippen LogP contribution in [0.5, 0.6) is 0 Å². The van der Waals surface area contributed by atoms with Crippen molar-refractivity contribution in [2.75, 3.05) is 0 Å². The van der Waals surface area contributed by atoms with Gasteiger partial charge in [-0.3, -0.25) is 14.1 Å². The molecule has 1 aliphatic rings. The molecule has 1 fully saturated rings. The number of benzene rings is 1. The van der Waals surface area contributed by atoms with Crippen molar-refractivity contribution in [2.45, 2.75) is 18.3 Å². The summed E-state index contributed by atoms with van der Waals surface area (Å²) < 4.78 is 3.94. The van der Waals surface area contributed by atoms with Gasteiger partial charge in [0, 0.05) is 53.8 Å². The third-order valence-electron chi connectivity index (χ3n) is 5.79. The first-order valence-corrected chi connectivity index (χ1v) is 9.41. The maximum Gasteiger partial charge on any atom is 0.233 e. The largest absolute Gasteiger partial charge is 0.287 e. The van der Waals surface area contributed by atoms with Crippen LogP contribution in [0.1, 0.15) is 24.1 Å². The van der Waals surface area contributed by atoms with E-state index in [1.807, 2.05) is 44.1 Å². The summed E-state index contributed by atoms with van der Waals surface area (Å²) in [5.74, 6) is 0.724. The number of hydrogen-bond donors (Lipinski definition) is 0. The van der Waals surface area contributed by atoms with Crippen molar-refractivity contribution in [1.82, 2.24) is 29.1 Å². The predicted molar refractivity (Wildman–Crippen MR) is 107 cm³/mol. The summed E-state index contributed by atoms with van der Waals surface area (Å²) in [7, 11) is 1.92. The maximum atomic E-state index is 4.69. The van der Waals surface area contributed by atoms with Gasteiger partial charge in [-0.2, -0.15) is 5.10 Å². The molecule has 0 bridgehead atoms. The lowest BCUT2D eigenvalue weighted by Gasteiger charge is -2.17. The Morgan fingerprint density at radius 2 is 1.71 bits per heavy atom. The molecule has 0 unspecified atom stereocenters. The molecule has 4 aromatic heterocycles. The summed E-state index contributed by atoms with van der Waals surface area (Å²) in [6.07, 6.45) is 13.9. The Bertz CT molecular complexity index is 1340. The molecule has 0 amide bonds. The minimum absolute atomic E-state index is 0.0531. The summed E-state index contributed by atoms with van der Waals surface area (Å²) in [5, 5.41) is 5.46. The van der Waals surface area contributed by atoms with Gasteiger partial charge in [0.25, 0.3) is 0 Å². The lowest BCUT2D eigenvalue weighted by molar-refractivity contribution is 0.768. The van der Waals surface area contributed by atoms with Crippen LogP contribution in [0.3, 0.4) is 0 Å². The molecular formula is C22H18N6. The van der Waals surface area contributed by atoms with Gasteiger partial charge in [-0.25, -0.2) is 9.97 Å². The van der Waals surface area contributed by atoms with Crippen LogP contribution in [-0.2, 0) is 12.5 Å². The Hall–Kier alpha value is -3.54. The molecule has 136 valence electrons. The van der Waals surface area contributed by atoms with Crippen molar-refractivity contribution >= 4 is 16.7 Å². The van der Waals surface area contributed by atoms with E-state index in [9.17, 15) is 0 Å². The van der Waals surface area contributed by atoms with Crippen LogP contribution in [0.4, 0.5) is 0 Å². The van der Waals surface area contributed by atoms with Gasteiger partial charge in [0.1, 0.15) is 0 Å². The highest BCUT2D eigenvalue weighted by Crippen LogP contribution is 2.54. The van der Waals surface area contributed by atoms with Crippen LogP contribution in [-0.4, -0.2) is 29.1 Å². The molecule has 1 aromatic carbocycles. The van der Waals surface area contributed by atoms with Gasteiger partial charge in [-0.15, -0.1) is 0 Å². The molecule has 6 nitrogen and oxygen atoms in total. The molecule has 1 saturated carbocycles. The number of fused-ring (bicyclic) bond motifs is 2. The number of aryl methyl sites for hydroxylation is 1. The SMILES string of the molecule is Cn1cc(-c2cnc3ncc(C4(c5cccc6cccnc56)CC4)n3c2)cn1. The van der Waals surface area contributed by atoms with Gasteiger partial charge in [0.05, 0.1) is 23.6 Å². The normalized spacial score (nSPS) is 15.3. The fourth-order valence-corrected chi connectivity index (χ4v) is 4.23. The fraction of sp³-hybridized carbons (Fsp3) is 0.182. The summed E-state index contributed by atoms with van der Waals surface area (Å²) >= 11 is 0. The van der Waals surface area contributed by atoms with E-state index < -0.39 is 0 Å². The lowest BCUT2D eigenvalue weighted by atomic mass is 9.90. The molecule has 6 rings (SSSR count). The first-order chi connectivity index (χ1) is 13.7. The molecule has 1 aliphatic carbocycles. The highest BCUT2D eigenvalue weighted by Gasteiger charge is 2.49. The monoisotopic (exact) mass is 366 g/mol. The number of para-hydroxylation sites is 1. The van der Waals surface area contributed by atoms with Crippen molar-refractivity contribution < 1.29 is 0 Å². The van der Waals surface area contributed by atoms with E-state index >= 15 is 0 Å². The molecule has 0 radical (unpaired) electrons. The lowest BCUT2D eigenvalue weighted by Crippen LogP contribution is -2.13. The van der Waals surface area contributed by atoms with Crippen LogP contribution in [0, 0.1) is 0 Å². The molecule has 0 spiro atoms. The summed E-state index contributed by atoms with van der Waals surface area (Å²) in [4.78, 5) is 13.9. The average molecular weight is 366 g/mol. The summed E-state index contributed by atoms with van der Waals surface area (Å²) in [5.41, 5.74) is 5.56. The zero-order valence-electron chi connectivity index (χ0n) is 15.4. The summed E-state index contributed by atoms with van der Waals surface area (Å²) in [6.45, 7) is 0. The maximum absolute atomic E-state index is 4.69. The molecule has 5 aromatic rings. The van der Waals surface area contributed by atoms with Gasteiger partial charge in [0.2, 0.25) is 5.78 Å². The fourth-order valence-electron chi connectivity index (χ4n) is 4.23. The second-order valence-corrected chi connectivity index (χ2v) is 7.52. The predicted octanol–water partition coefficient (Wildman–Crippen LogP) is 3.76. The summed E-state index contributed by atoms with van der Waals surface area (Å²) in [6, 6.07) is 10.6. The average Bonchev–Trinajstić information content (AvgIpc) is 3.22. The number of aromatic nitrogens is 6. The van der Waals surface area contributed by atoms with Crippen LogP contribution in [0.25, 0.3) is 27.8 Å². The van der Waals surface area contributed by atoms with E-state index in [4.69, 9.17) is 0 Å². The second kappa shape index (κ2) is 5.48. The Balaban J connectivity index is 1.56. The first kappa shape index (κ1) is 15.5. The molecule has 0 atom stereocenters. The van der Waals surface area contributed by atoms with E-state index in [1.165, 1.54) is 16.6 Å². The van der Waals surface area contributed by atoms with Crippen LogP contribution >= 0.6 is 0 Å². The zero-order valence-corrected chi connectivity index (χ0v) is 15.4. The molecule has 0 saturated heterocycles. The Morgan fingerprint density at radius 1 is 0.893 bits per heavy atom. The van der Waals surface area contributed by atoms with Crippen molar-refractivity contribution in [1.29, 1.82) is 0 Å². The van der Waals surface area contributed by atoms with Gasteiger partial charge in [-0.1, -0.05) is 24.3 Å². The zero-order chi connectivity index (χ0) is 18.7. The second-order valence-electron chi connectivity index (χ2n) is 7.52. The molecular weight excluding hydrogens is 348 g/mol. The number of hydrogen-bond acceptors (Lipinski definition) is 4. The van der Waals surface area contributed by atoms with E-state index in [0.29, 0.717) is 0 Å². The Morgan fingerprint density at radius 3 is 2.54 bits per heavy atom. The quantitative estimate of drug-likeness (QED) is 0.488. The molecule has 6 heteroatoms. The molecule has 4 heterocycles. The van der Waals surface area contributed by atoms with E-state index in [-0.39, 0.29) is 5.41 Å². The minimum atomic E-state index is -0.0531. The number of nitrogens with zero attached hydrogens (tertiary/aromatic N) is 6. The van der Waals surface area contributed by atoms with E-state index in [0.717, 1.165) is 35.3 Å². The Labute approximate surface area is 161 Å². The van der Waals surface area contributed by atoms with Crippen molar-refractivity contribution in [2.24, 2.45) is 7.05 Å². The first-order valence-electron chi connectivity index (χ1n) is 9.41. The van der Waals surface area contributed by atoms with Gasteiger partial charge in [-0.05, 0) is 24.5 Å². The van der Waals surface area contributed by atoms with Crippen LogP contribution < -0.4 is 0 Å². The topological polar surface area (TPSA) is 60.9 Å². The third-order valence-corrected chi connectivity index (χ3v) is 5.79. The van der Waals surface area contributed by atoms with Crippen LogP contribution in [0.15, 0.2) is 67.5 Å². The molecule has 28 heavy (non-hydrogen) atoms. The highest BCUT2D eigenvalue weighted by atomic mass is 15.2. The molecule has 0 N–H and O–H groups in total. The van der Waals surface area contributed by atoms with Gasteiger partial charge >= 0.3 is 0 Å². The van der Waals surface area contributed by atoms with Crippen molar-refractivity contribution in [3.63, 3.8) is 0 Å². The van der Waals surface area contributed by atoms with Crippen molar-refractivity contribution in [3.8, 4) is 11.1 Å². The van der Waals surface area contributed by atoms with Gasteiger partial charge < -0.3 is 0 Å². The van der Waals surface area contributed by atoms with Crippen molar-refractivity contribution in [3.05, 3.63) is 78.8 Å². The third kappa shape index (κ3) is 2.14. The minimum Gasteiger partial charge on any atom is -0.287 e. The van der Waals surface area contributed by atoms with Crippen LogP contribution in [0.2, 0.25) is 0 Å². The van der Waals surface area contributed by atoms with Gasteiger partial charge in [0.15, 0.2) is 0 Å². The Kier molecular flexibility index (Phi) is 3.04. The van der Waals surface area contributed by atoms with E-state index in [1.54, 1.807) is 4.68 Å². The molecule has 0 aliphatic heterocycles.